The van der Waals surface area contributed by atoms with Crippen molar-refractivity contribution in [3.05, 3.63) is 56.0 Å². The molecule has 0 saturated heterocycles. The van der Waals surface area contributed by atoms with Gasteiger partial charge in [0.1, 0.15) is 0 Å². The molecule has 0 aromatic carbocycles. The molecule has 3 heterocycles. The zero-order chi connectivity index (χ0) is 21.7. The Kier molecular flexibility index (Phi) is 6.97. The van der Waals surface area contributed by atoms with Crippen LogP contribution in [0.2, 0.25) is 0 Å². The summed E-state index contributed by atoms with van der Waals surface area (Å²) in [4.78, 5) is 25.7. The number of nitriles is 1. The molecule has 1 aliphatic heterocycles. The number of aryl methyl sites for hydroxylation is 1. The summed E-state index contributed by atoms with van der Waals surface area (Å²) in [5.74, 6) is -0.990. The van der Waals surface area contributed by atoms with Gasteiger partial charge in [0.15, 0.2) is 0 Å². The number of nitrogens with one attached hydrogen (secondary N) is 2. The summed E-state index contributed by atoms with van der Waals surface area (Å²) in [6, 6.07) is 7.59. The van der Waals surface area contributed by atoms with Crippen molar-refractivity contribution in [2.24, 2.45) is 0 Å². The first-order chi connectivity index (χ1) is 14.4. The molecular weight excluding hydrogens is 424 g/mol. The van der Waals surface area contributed by atoms with Crippen molar-refractivity contribution in [3.63, 3.8) is 0 Å². The molecule has 2 N–H and O–H groups in total. The number of nitrogens with zero attached hydrogens (tertiary/aromatic N) is 2. The van der Waals surface area contributed by atoms with Crippen LogP contribution in [0, 0.1) is 18.3 Å². The van der Waals surface area contributed by atoms with Crippen LogP contribution in [-0.2, 0) is 14.3 Å². The number of dihydropyridines is 1. The van der Waals surface area contributed by atoms with Gasteiger partial charge in [-0.15, -0.1) is 11.3 Å². The lowest BCUT2D eigenvalue weighted by atomic mass is 9.87. The molecule has 2 aromatic heterocycles. The van der Waals surface area contributed by atoms with Crippen LogP contribution < -0.4 is 10.6 Å². The van der Waals surface area contributed by atoms with Gasteiger partial charge in [-0.1, -0.05) is 23.0 Å². The van der Waals surface area contributed by atoms with Crippen molar-refractivity contribution >= 4 is 40.9 Å². The van der Waals surface area contributed by atoms with Crippen LogP contribution in [0.25, 0.3) is 0 Å². The molecule has 0 fully saturated rings. The minimum Gasteiger partial charge on any atom is -0.463 e. The molecular formula is C20H20N4O4S2. The van der Waals surface area contributed by atoms with E-state index in [0.717, 1.165) is 4.88 Å². The SMILES string of the molecule is CCOC(=O)C1=C(C)NC(SCC(=O)Nc2cc(C)no2)=C(C#N)C1c1cccs1. The number of allylic oxidation sites excluding steroid dienone is 2. The summed E-state index contributed by atoms with van der Waals surface area (Å²) in [5.41, 5.74) is 2.04. The van der Waals surface area contributed by atoms with Crippen molar-refractivity contribution in [1.29, 1.82) is 5.26 Å². The Balaban J connectivity index is 1.84. The van der Waals surface area contributed by atoms with Gasteiger partial charge in [-0.05, 0) is 32.2 Å². The lowest BCUT2D eigenvalue weighted by Crippen LogP contribution is -2.29. The Morgan fingerprint density at radius 1 is 1.47 bits per heavy atom. The number of rotatable bonds is 7. The van der Waals surface area contributed by atoms with Crippen molar-refractivity contribution in [2.75, 3.05) is 17.7 Å². The smallest absolute Gasteiger partial charge is 0.336 e. The Labute approximate surface area is 182 Å². The van der Waals surface area contributed by atoms with E-state index in [-0.39, 0.29) is 24.2 Å². The Bertz CT molecular complexity index is 1050. The van der Waals surface area contributed by atoms with Gasteiger partial charge in [0.05, 0.1) is 46.2 Å². The molecule has 156 valence electrons. The van der Waals surface area contributed by atoms with E-state index in [1.54, 1.807) is 26.8 Å². The van der Waals surface area contributed by atoms with E-state index < -0.39 is 11.9 Å². The molecule has 10 heteroatoms. The Morgan fingerprint density at radius 2 is 2.27 bits per heavy atom. The molecule has 0 radical (unpaired) electrons. The minimum atomic E-state index is -0.544. The fraction of sp³-hybridized carbons (Fsp3) is 0.300. The molecule has 3 rings (SSSR count). The van der Waals surface area contributed by atoms with Gasteiger partial charge in [-0.2, -0.15) is 5.26 Å². The van der Waals surface area contributed by atoms with Gasteiger partial charge in [0.2, 0.25) is 11.8 Å². The summed E-state index contributed by atoms with van der Waals surface area (Å²) < 4.78 is 10.2. The topological polar surface area (TPSA) is 117 Å². The molecule has 8 nitrogen and oxygen atoms in total. The van der Waals surface area contributed by atoms with Crippen molar-refractivity contribution < 1.29 is 18.8 Å². The summed E-state index contributed by atoms with van der Waals surface area (Å²) >= 11 is 2.64. The van der Waals surface area contributed by atoms with Crippen LogP contribution in [0.1, 0.15) is 30.3 Å². The number of esters is 1. The number of ether oxygens (including phenoxy) is 1. The molecule has 1 aliphatic rings. The summed E-state index contributed by atoms with van der Waals surface area (Å²) in [7, 11) is 0. The second-order valence-corrected chi connectivity index (χ2v) is 8.32. The van der Waals surface area contributed by atoms with Crippen LogP contribution >= 0.6 is 23.1 Å². The van der Waals surface area contributed by atoms with E-state index in [1.165, 1.54) is 23.1 Å². The van der Waals surface area contributed by atoms with E-state index >= 15 is 0 Å². The zero-order valence-electron chi connectivity index (χ0n) is 16.6. The third-order valence-corrected chi connectivity index (χ3v) is 6.16. The average Bonchev–Trinajstić information content (AvgIpc) is 3.37. The average molecular weight is 445 g/mol. The predicted octanol–water partition coefficient (Wildman–Crippen LogP) is 3.68. The molecule has 0 aliphatic carbocycles. The van der Waals surface area contributed by atoms with Gasteiger partial charge in [-0.25, -0.2) is 4.79 Å². The summed E-state index contributed by atoms with van der Waals surface area (Å²) in [6.07, 6.45) is 0. The van der Waals surface area contributed by atoms with Crippen molar-refractivity contribution in [2.45, 2.75) is 26.7 Å². The number of amides is 1. The standard InChI is InChI=1S/C20H20N4O4S2/c1-4-27-20(26)17-12(3)22-19(13(9-21)18(17)14-6-5-7-29-14)30-10-15(25)23-16-8-11(2)24-28-16/h5-8,18,22H,4,10H2,1-3H3,(H,23,25). The van der Waals surface area contributed by atoms with E-state index in [4.69, 9.17) is 9.26 Å². The van der Waals surface area contributed by atoms with Gasteiger partial charge >= 0.3 is 5.97 Å². The maximum atomic E-state index is 12.6. The fourth-order valence-corrected chi connectivity index (χ4v) is 4.71. The predicted molar refractivity (Wildman–Crippen MR) is 114 cm³/mol. The zero-order valence-corrected chi connectivity index (χ0v) is 18.3. The molecule has 0 saturated carbocycles. The van der Waals surface area contributed by atoms with Gasteiger partial charge in [0.25, 0.3) is 0 Å². The first-order valence-electron chi connectivity index (χ1n) is 9.13. The quantitative estimate of drug-likeness (QED) is 0.621. The van der Waals surface area contributed by atoms with Crippen LogP contribution in [0.15, 0.2) is 50.0 Å². The molecule has 1 unspecified atom stereocenters. The maximum Gasteiger partial charge on any atom is 0.336 e. The lowest BCUT2D eigenvalue weighted by molar-refractivity contribution is -0.138. The fourth-order valence-electron chi connectivity index (χ4n) is 2.98. The minimum absolute atomic E-state index is 0.0481. The highest BCUT2D eigenvalue weighted by Gasteiger charge is 2.36. The summed E-state index contributed by atoms with van der Waals surface area (Å²) in [6.45, 7) is 5.49. The van der Waals surface area contributed by atoms with E-state index in [9.17, 15) is 14.9 Å². The van der Waals surface area contributed by atoms with Crippen molar-refractivity contribution in [1.82, 2.24) is 10.5 Å². The highest BCUT2D eigenvalue weighted by molar-refractivity contribution is 8.03. The normalized spacial score (nSPS) is 16.1. The number of hydrogen-bond acceptors (Lipinski definition) is 9. The van der Waals surface area contributed by atoms with E-state index in [0.29, 0.717) is 27.6 Å². The van der Waals surface area contributed by atoms with Crippen LogP contribution in [0.5, 0.6) is 0 Å². The first kappa shape index (κ1) is 21.7. The number of anilines is 1. The monoisotopic (exact) mass is 444 g/mol. The number of thiophene rings is 1. The summed E-state index contributed by atoms with van der Waals surface area (Å²) in [5, 5.41) is 21.8. The lowest BCUT2D eigenvalue weighted by Gasteiger charge is -2.28. The van der Waals surface area contributed by atoms with Gasteiger partial charge in [0, 0.05) is 16.6 Å². The third kappa shape index (κ3) is 4.75. The second-order valence-electron chi connectivity index (χ2n) is 6.36. The van der Waals surface area contributed by atoms with Crippen LogP contribution in [0.4, 0.5) is 5.88 Å². The first-order valence-corrected chi connectivity index (χ1v) is 11.0. The third-order valence-electron chi connectivity index (χ3n) is 4.21. The van der Waals surface area contributed by atoms with Crippen LogP contribution in [-0.4, -0.2) is 29.4 Å². The molecule has 1 atom stereocenters. The second kappa shape index (κ2) is 9.65. The highest BCUT2D eigenvalue weighted by Crippen LogP contribution is 2.42. The van der Waals surface area contributed by atoms with Crippen LogP contribution in [0.3, 0.4) is 0 Å². The number of aromatic nitrogens is 1. The van der Waals surface area contributed by atoms with E-state index in [1.807, 2.05) is 17.5 Å². The number of carbonyl (C=O) groups excluding carboxylic acids is 2. The Hall–Kier alpha value is -3.03. The number of thioether (sulfide) groups is 1. The highest BCUT2D eigenvalue weighted by atomic mass is 32.2. The van der Waals surface area contributed by atoms with Gasteiger partial charge in [-0.3, -0.25) is 10.1 Å². The number of hydrogen-bond donors (Lipinski definition) is 2. The maximum absolute atomic E-state index is 12.6. The van der Waals surface area contributed by atoms with Gasteiger partial charge < -0.3 is 14.6 Å². The molecule has 1 amide bonds. The molecule has 2 aromatic rings. The molecule has 0 bridgehead atoms. The Morgan fingerprint density at radius 3 is 2.87 bits per heavy atom. The number of carbonyl (C=O) groups is 2. The van der Waals surface area contributed by atoms with E-state index in [2.05, 4.69) is 21.9 Å². The van der Waals surface area contributed by atoms with Crippen molar-refractivity contribution in [3.8, 4) is 6.07 Å². The molecule has 30 heavy (non-hydrogen) atoms. The largest absolute Gasteiger partial charge is 0.463 e. The molecule has 0 spiro atoms.